The number of hydrogen-bond donors (Lipinski definition) is 1. The lowest BCUT2D eigenvalue weighted by Crippen LogP contribution is -2.06. The van der Waals surface area contributed by atoms with Gasteiger partial charge in [-0.15, -0.1) is 0 Å². The Morgan fingerprint density at radius 1 is 0.842 bits per heavy atom. The number of aliphatic hydroxyl groups excluding tert-OH is 1. The molecule has 0 aliphatic rings. The van der Waals surface area contributed by atoms with Crippen LogP contribution in [0.4, 0.5) is 17.6 Å². The molecular formula is C13H7F4IO. The van der Waals surface area contributed by atoms with Crippen LogP contribution in [0, 0.1) is 26.8 Å². The quantitative estimate of drug-likeness (QED) is 0.474. The van der Waals surface area contributed by atoms with Crippen LogP contribution < -0.4 is 0 Å². The van der Waals surface area contributed by atoms with Gasteiger partial charge in [-0.05, 0) is 46.4 Å². The summed E-state index contributed by atoms with van der Waals surface area (Å²) in [6.07, 6.45) is -1.50. The maximum Gasteiger partial charge on any atom is 0.161 e. The van der Waals surface area contributed by atoms with Gasteiger partial charge < -0.3 is 5.11 Å². The molecule has 2 aromatic rings. The number of benzene rings is 2. The molecule has 0 fully saturated rings. The van der Waals surface area contributed by atoms with Crippen molar-refractivity contribution in [2.24, 2.45) is 0 Å². The Morgan fingerprint density at radius 2 is 1.47 bits per heavy atom. The van der Waals surface area contributed by atoms with Crippen molar-refractivity contribution in [3.8, 4) is 0 Å². The molecule has 1 unspecified atom stereocenters. The van der Waals surface area contributed by atoms with Crippen LogP contribution in [0.1, 0.15) is 17.2 Å². The summed E-state index contributed by atoms with van der Waals surface area (Å²) in [5, 5.41) is 10.0. The lowest BCUT2D eigenvalue weighted by atomic mass is 10.0. The van der Waals surface area contributed by atoms with Crippen molar-refractivity contribution in [1.29, 1.82) is 0 Å². The normalized spacial score (nSPS) is 12.5. The molecule has 0 aliphatic heterocycles. The van der Waals surface area contributed by atoms with Gasteiger partial charge in [0.2, 0.25) is 0 Å². The van der Waals surface area contributed by atoms with E-state index < -0.39 is 34.9 Å². The predicted octanol–water partition coefficient (Wildman–Crippen LogP) is 3.93. The second-order valence-electron chi connectivity index (χ2n) is 3.86. The van der Waals surface area contributed by atoms with Crippen molar-refractivity contribution >= 4 is 22.6 Å². The van der Waals surface area contributed by atoms with Gasteiger partial charge in [-0.25, -0.2) is 17.6 Å². The summed E-state index contributed by atoms with van der Waals surface area (Å²) in [5.74, 6) is -4.16. The third kappa shape index (κ3) is 2.89. The van der Waals surface area contributed by atoms with E-state index in [9.17, 15) is 22.7 Å². The molecule has 0 saturated carbocycles. The van der Waals surface area contributed by atoms with E-state index in [0.717, 1.165) is 12.1 Å². The van der Waals surface area contributed by atoms with Crippen molar-refractivity contribution in [3.05, 3.63) is 68.3 Å². The first kappa shape index (κ1) is 14.3. The minimum Gasteiger partial charge on any atom is -0.384 e. The van der Waals surface area contributed by atoms with E-state index >= 15 is 0 Å². The zero-order valence-electron chi connectivity index (χ0n) is 9.30. The van der Waals surface area contributed by atoms with Gasteiger partial charge in [-0.1, -0.05) is 6.07 Å². The lowest BCUT2D eigenvalue weighted by molar-refractivity contribution is 0.213. The Bertz CT molecular complexity index is 630. The maximum atomic E-state index is 13.5. The molecule has 2 aromatic carbocycles. The highest BCUT2D eigenvalue weighted by atomic mass is 127. The molecule has 1 atom stereocenters. The first-order chi connectivity index (χ1) is 8.90. The molecule has 19 heavy (non-hydrogen) atoms. The van der Waals surface area contributed by atoms with Crippen LogP contribution in [0.25, 0.3) is 0 Å². The second kappa shape index (κ2) is 5.46. The van der Waals surface area contributed by atoms with Crippen LogP contribution >= 0.6 is 22.6 Å². The Hall–Kier alpha value is -1.15. The molecule has 6 heteroatoms. The molecule has 0 bridgehead atoms. The molecule has 0 radical (unpaired) electrons. The number of aliphatic hydroxyl groups is 1. The van der Waals surface area contributed by atoms with Gasteiger partial charge in [0.25, 0.3) is 0 Å². The van der Waals surface area contributed by atoms with Crippen molar-refractivity contribution in [1.82, 2.24) is 0 Å². The average molecular weight is 382 g/mol. The fourth-order valence-electron chi connectivity index (χ4n) is 1.64. The summed E-state index contributed by atoms with van der Waals surface area (Å²) < 4.78 is 52.7. The molecule has 100 valence electrons. The van der Waals surface area contributed by atoms with Crippen LogP contribution in [0.15, 0.2) is 30.3 Å². The highest BCUT2D eigenvalue weighted by Gasteiger charge is 2.20. The monoisotopic (exact) mass is 382 g/mol. The third-order valence-electron chi connectivity index (χ3n) is 2.59. The van der Waals surface area contributed by atoms with Gasteiger partial charge >= 0.3 is 0 Å². The molecule has 2 rings (SSSR count). The molecular weight excluding hydrogens is 375 g/mol. The summed E-state index contributed by atoms with van der Waals surface area (Å²) in [6.45, 7) is 0. The van der Waals surface area contributed by atoms with Gasteiger partial charge in [-0.2, -0.15) is 0 Å². The summed E-state index contributed by atoms with van der Waals surface area (Å²) in [7, 11) is 0. The van der Waals surface area contributed by atoms with E-state index in [4.69, 9.17) is 0 Å². The largest absolute Gasteiger partial charge is 0.384 e. The zero-order chi connectivity index (χ0) is 14.2. The lowest BCUT2D eigenvalue weighted by Gasteiger charge is -2.14. The van der Waals surface area contributed by atoms with E-state index in [0.29, 0.717) is 15.7 Å². The second-order valence-corrected chi connectivity index (χ2v) is 5.02. The Kier molecular flexibility index (Phi) is 4.10. The van der Waals surface area contributed by atoms with Gasteiger partial charge in [0.1, 0.15) is 17.7 Å². The summed E-state index contributed by atoms with van der Waals surface area (Å²) in [5.41, 5.74) is -0.185. The van der Waals surface area contributed by atoms with E-state index in [1.165, 1.54) is 6.07 Å². The summed E-state index contributed by atoms with van der Waals surface area (Å²) in [4.78, 5) is 0. The predicted molar refractivity (Wildman–Crippen MR) is 69.5 cm³/mol. The topological polar surface area (TPSA) is 20.2 Å². The minimum atomic E-state index is -1.50. The molecule has 1 N–H and O–H groups in total. The fraction of sp³-hybridized carbons (Fsp3) is 0.0769. The van der Waals surface area contributed by atoms with Gasteiger partial charge in [0.05, 0.1) is 0 Å². The smallest absolute Gasteiger partial charge is 0.161 e. The van der Waals surface area contributed by atoms with Crippen LogP contribution in [0.5, 0.6) is 0 Å². The van der Waals surface area contributed by atoms with Gasteiger partial charge in [-0.3, -0.25) is 0 Å². The fourth-order valence-corrected chi connectivity index (χ4v) is 2.41. The summed E-state index contributed by atoms with van der Waals surface area (Å²) >= 11 is 1.76. The molecule has 0 aromatic heterocycles. The van der Waals surface area contributed by atoms with E-state index in [1.807, 2.05) is 0 Å². The Labute approximate surface area is 120 Å². The maximum absolute atomic E-state index is 13.5. The highest BCUT2D eigenvalue weighted by Crippen LogP contribution is 2.29. The molecule has 0 aliphatic carbocycles. The van der Waals surface area contributed by atoms with Gasteiger partial charge in [0, 0.05) is 15.2 Å². The average Bonchev–Trinajstić information content (AvgIpc) is 2.33. The summed E-state index contributed by atoms with van der Waals surface area (Å²) in [6, 6.07) is 4.47. The molecule has 0 saturated heterocycles. The minimum absolute atomic E-state index is 0.215. The van der Waals surface area contributed by atoms with Crippen molar-refractivity contribution in [3.63, 3.8) is 0 Å². The van der Waals surface area contributed by atoms with E-state index in [2.05, 4.69) is 0 Å². The number of halogens is 5. The van der Waals surface area contributed by atoms with Crippen molar-refractivity contribution in [2.45, 2.75) is 6.10 Å². The molecule has 0 amide bonds. The SMILES string of the molecule is OC(c1cc(F)c(F)cc1F)c1ccc(F)cc1I. The van der Waals surface area contributed by atoms with Crippen LogP contribution in [0.3, 0.4) is 0 Å². The van der Waals surface area contributed by atoms with E-state index in [1.54, 1.807) is 22.6 Å². The Morgan fingerprint density at radius 3 is 2.11 bits per heavy atom. The molecule has 0 heterocycles. The first-order valence-corrected chi connectivity index (χ1v) is 6.25. The first-order valence-electron chi connectivity index (χ1n) is 5.17. The molecule has 0 spiro atoms. The van der Waals surface area contributed by atoms with Crippen molar-refractivity contribution < 1.29 is 22.7 Å². The highest BCUT2D eigenvalue weighted by molar-refractivity contribution is 14.1. The van der Waals surface area contributed by atoms with Crippen LogP contribution in [0.2, 0.25) is 0 Å². The third-order valence-corrected chi connectivity index (χ3v) is 3.53. The number of rotatable bonds is 2. The van der Waals surface area contributed by atoms with E-state index in [-0.39, 0.29) is 5.56 Å². The van der Waals surface area contributed by atoms with Crippen molar-refractivity contribution in [2.75, 3.05) is 0 Å². The van der Waals surface area contributed by atoms with Crippen LogP contribution in [-0.2, 0) is 0 Å². The Balaban J connectivity index is 2.49. The molecule has 1 nitrogen and oxygen atoms in total. The van der Waals surface area contributed by atoms with Crippen LogP contribution in [-0.4, -0.2) is 5.11 Å². The number of hydrogen-bond acceptors (Lipinski definition) is 1. The standard InChI is InChI=1S/C13H7F4IO/c14-6-1-2-7(12(18)3-6)13(19)8-4-10(16)11(17)5-9(8)15/h1-5,13,19H. The zero-order valence-corrected chi connectivity index (χ0v) is 11.5. The van der Waals surface area contributed by atoms with Gasteiger partial charge in [0.15, 0.2) is 11.6 Å².